The average molecular weight is 178 g/mol. The SMILES string of the molecule is Cc1cscc1C(F)(F)CO. The minimum Gasteiger partial charge on any atom is -0.390 e. The third kappa shape index (κ3) is 1.57. The van der Waals surface area contributed by atoms with Gasteiger partial charge < -0.3 is 5.11 Å². The van der Waals surface area contributed by atoms with Crippen molar-refractivity contribution in [3.8, 4) is 0 Å². The molecule has 0 aliphatic rings. The van der Waals surface area contributed by atoms with Gasteiger partial charge in [0, 0.05) is 10.9 Å². The van der Waals surface area contributed by atoms with E-state index in [9.17, 15) is 8.78 Å². The normalized spacial score (nSPS) is 12.0. The lowest BCUT2D eigenvalue weighted by Crippen LogP contribution is -2.18. The highest BCUT2D eigenvalue weighted by atomic mass is 32.1. The number of rotatable bonds is 2. The van der Waals surface area contributed by atoms with Crippen LogP contribution in [0.5, 0.6) is 0 Å². The summed E-state index contributed by atoms with van der Waals surface area (Å²) in [5.41, 5.74) is 0.471. The minimum absolute atomic E-state index is 0.0648. The molecule has 1 nitrogen and oxygen atoms in total. The predicted octanol–water partition coefficient (Wildman–Crippen LogP) is 2.14. The van der Waals surface area contributed by atoms with Gasteiger partial charge in [0.1, 0.15) is 6.61 Å². The van der Waals surface area contributed by atoms with E-state index < -0.39 is 12.5 Å². The third-order valence-corrected chi connectivity index (χ3v) is 2.31. The van der Waals surface area contributed by atoms with Crippen molar-refractivity contribution in [3.63, 3.8) is 0 Å². The van der Waals surface area contributed by atoms with E-state index in [4.69, 9.17) is 5.11 Å². The molecule has 11 heavy (non-hydrogen) atoms. The van der Waals surface area contributed by atoms with Crippen LogP contribution in [0.15, 0.2) is 10.8 Å². The van der Waals surface area contributed by atoms with Crippen molar-refractivity contribution in [2.24, 2.45) is 0 Å². The largest absolute Gasteiger partial charge is 0.390 e. The molecule has 0 saturated carbocycles. The van der Waals surface area contributed by atoms with Crippen LogP contribution in [-0.4, -0.2) is 11.7 Å². The molecule has 0 spiro atoms. The highest BCUT2D eigenvalue weighted by Gasteiger charge is 2.32. The van der Waals surface area contributed by atoms with E-state index in [0.29, 0.717) is 5.56 Å². The molecule has 1 aromatic rings. The molecule has 1 rings (SSSR count). The van der Waals surface area contributed by atoms with Gasteiger partial charge in [0.05, 0.1) is 0 Å². The number of hydrogen-bond donors (Lipinski definition) is 1. The Labute approximate surface area is 67.3 Å². The van der Waals surface area contributed by atoms with Gasteiger partial charge in [-0.05, 0) is 17.9 Å². The Morgan fingerprint density at radius 1 is 1.55 bits per heavy atom. The molecule has 0 bridgehead atoms. The van der Waals surface area contributed by atoms with Crippen LogP contribution >= 0.6 is 11.3 Å². The Bertz CT molecular complexity index is 244. The molecule has 0 aromatic carbocycles. The lowest BCUT2D eigenvalue weighted by molar-refractivity contribution is -0.0557. The van der Waals surface area contributed by atoms with Crippen LogP contribution in [0.2, 0.25) is 0 Å². The van der Waals surface area contributed by atoms with Crippen molar-refractivity contribution < 1.29 is 13.9 Å². The van der Waals surface area contributed by atoms with Crippen LogP contribution in [0.25, 0.3) is 0 Å². The maximum absolute atomic E-state index is 12.7. The second-order valence-corrected chi connectivity index (χ2v) is 3.07. The first-order valence-electron chi connectivity index (χ1n) is 3.10. The molecule has 0 radical (unpaired) electrons. The van der Waals surface area contributed by atoms with Crippen molar-refractivity contribution in [3.05, 3.63) is 21.9 Å². The molecule has 0 atom stereocenters. The molecule has 62 valence electrons. The number of alkyl halides is 2. The fourth-order valence-electron chi connectivity index (χ4n) is 0.820. The lowest BCUT2D eigenvalue weighted by Gasteiger charge is -2.11. The summed E-state index contributed by atoms with van der Waals surface area (Å²) in [5.74, 6) is -3.08. The monoisotopic (exact) mass is 178 g/mol. The van der Waals surface area contributed by atoms with Crippen molar-refractivity contribution in [2.75, 3.05) is 6.61 Å². The maximum atomic E-state index is 12.7. The number of halogens is 2. The Balaban J connectivity index is 3.00. The van der Waals surface area contributed by atoms with E-state index in [1.165, 1.54) is 16.7 Å². The highest BCUT2D eigenvalue weighted by molar-refractivity contribution is 7.08. The van der Waals surface area contributed by atoms with E-state index in [2.05, 4.69) is 0 Å². The van der Waals surface area contributed by atoms with Gasteiger partial charge in [-0.3, -0.25) is 0 Å². The Morgan fingerprint density at radius 3 is 2.55 bits per heavy atom. The van der Waals surface area contributed by atoms with Gasteiger partial charge in [0.15, 0.2) is 0 Å². The van der Waals surface area contributed by atoms with E-state index in [0.717, 1.165) is 0 Å². The summed E-state index contributed by atoms with van der Waals surface area (Å²) >= 11 is 1.22. The van der Waals surface area contributed by atoms with Crippen LogP contribution in [0.1, 0.15) is 11.1 Å². The number of hydrogen-bond acceptors (Lipinski definition) is 2. The topological polar surface area (TPSA) is 20.2 Å². The molecular formula is C7H8F2OS. The first-order chi connectivity index (χ1) is 5.08. The number of aryl methyl sites for hydroxylation is 1. The van der Waals surface area contributed by atoms with Crippen LogP contribution < -0.4 is 0 Å². The third-order valence-electron chi connectivity index (χ3n) is 1.45. The molecule has 0 aliphatic carbocycles. The summed E-state index contributed by atoms with van der Waals surface area (Å²) in [7, 11) is 0. The molecule has 1 heterocycles. The second kappa shape index (κ2) is 2.87. The number of aliphatic hydroxyl groups is 1. The fourth-order valence-corrected chi connectivity index (χ4v) is 1.71. The van der Waals surface area contributed by atoms with Crippen LogP contribution in [-0.2, 0) is 5.92 Å². The molecule has 4 heteroatoms. The van der Waals surface area contributed by atoms with Gasteiger partial charge in [-0.1, -0.05) is 0 Å². The first-order valence-corrected chi connectivity index (χ1v) is 4.04. The molecule has 0 unspecified atom stereocenters. The van der Waals surface area contributed by atoms with Gasteiger partial charge in [-0.2, -0.15) is 20.1 Å². The van der Waals surface area contributed by atoms with E-state index in [1.54, 1.807) is 12.3 Å². The number of thiophene rings is 1. The fraction of sp³-hybridized carbons (Fsp3) is 0.429. The van der Waals surface area contributed by atoms with Gasteiger partial charge >= 0.3 is 0 Å². The molecule has 0 fully saturated rings. The number of aliphatic hydroxyl groups excluding tert-OH is 1. The van der Waals surface area contributed by atoms with Crippen LogP contribution in [0.4, 0.5) is 8.78 Å². The highest BCUT2D eigenvalue weighted by Crippen LogP contribution is 2.31. The summed E-state index contributed by atoms with van der Waals surface area (Å²) in [4.78, 5) is 0. The molecule has 1 N–H and O–H groups in total. The first kappa shape index (κ1) is 8.62. The Kier molecular flexibility index (Phi) is 2.25. The minimum atomic E-state index is -3.08. The Morgan fingerprint density at radius 2 is 2.18 bits per heavy atom. The van der Waals surface area contributed by atoms with Crippen molar-refractivity contribution >= 4 is 11.3 Å². The standard InChI is InChI=1S/C7H8F2OS/c1-5-2-11-3-6(5)7(8,9)4-10/h2-3,10H,4H2,1H3. The van der Waals surface area contributed by atoms with Gasteiger partial charge in [0.25, 0.3) is 5.92 Å². The summed E-state index contributed by atoms with van der Waals surface area (Å²) < 4.78 is 25.5. The zero-order chi connectivity index (χ0) is 8.48. The summed E-state index contributed by atoms with van der Waals surface area (Å²) in [5, 5.41) is 11.3. The summed E-state index contributed by atoms with van der Waals surface area (Å²) in [6.07, 6.45) is 0. The smallest absolute Gasteiger partial charge is 0.296 e. The zero-order valence-electron chi connectivity index (χ0n) is 5.97. The van der Waals surface area contributed by atoms with E-state index in [-0.39, 0.29) is 5.56 Å². The van der Waals surface area contributed by atoms with Crippen LogP contribution in [0, 0.1) is 6.92 Å². The van der Waals surface area contributed by atoms with Gasteiger partial charge in [0.2, 0.25) is 0 Å². The second-order valence-electron chi connectivity index (χ2n) is 2.33. The van der Waals surface area contributed by atoms with E-state index >= 15 is 0 Å². The van der Waals surface area contributed by atoms with Crippen LogP contribution in [0.3, 0.4) is 0 Å². The van der Waals surface area contributed by atoms with Crippen molar-refractivity contribution in [1.82, 2.24) is 0 Å². The Hall–Kier alpha value is -0.480. The molecule has 0 aliphatic heterocycles. The van der Waals surface area contributed by atoms with Crippen molar-refractivity contribution in [2.45, 2.75) is 12.8 Å². The molecule has 0 amide bonds. The summed E-state index contributed by atoms with van der Waals surface area (Å²) in [6.45, 7) is 0.486. The maximum Gasteiger partial charge on any atom is 0.296 e. The predicted molar refractivity (Wildman–Crippen MR) is 40.0 cm³/mol. The van der Waals surface area contributed by atoms with Gasteiger partial charge in [-0.15, -0.1) is 0 Å². The lowest BCUT2D eigenvalue weighted by atomic mass is 10.1. The summed E-state index contributed by atoms with van der Waals surface area (Å²) in [6, 6.07) is 0. The molecule has 0 saturated heterocycles. The quantitative estimate of drug-likeness (QED) is 0.735. The van der Waals surface area contributed by atoms with Crippen molar-refractivity contribution in [1.29, 1.82) is 0 Å². The molecular weight excluding hydrogens is 170 g/mol. The van der Waals surface area contributed by atoms with Gasteiger partial charge in [-0.25, -0.2) is 0 Å². The average Bonchev–Trinajstić information content (AvgIpc) is 2.36. The van der Waals surface area contributed by atoms with E-state index in [1.807, 2.05) is 0 Å². The zero-order valence-corrected chi connectivity index (χ0v) is 6.79. The molecule has 1 aromatic heterocycles.